The van der Waals surface area contributed by atoms with Crippen molar-refractivity contribution >= 4 is 5.91 Å². The Bertz CT molecular complexity index is 424. The van der Waals surface area contributed by atoms with E-state index >= 15 is 0 Å². The molecular weight excluding hydrogens is 212 g/mol. The van der Waals surface area contributed by atoms with Crippen LogP contribution >= 0.6 is 0 Å². The zero-order valence-electron chi connectivity index (χ0n) is 11.4. The van der Waals surface area contributed by atoms with Gasteiger partial charge in [-0.1, -0.05) is 12.1 Å². The molecule has 3 nitrogen and oxygen atoms in total. The van der Waals surface area contributed by atoms with Gasteiger partial charge in [0.05, 0.1) is 6.04 Å². The van der Waals surface area contributed by atoms with Gasteiger partial charge in [-0.2, -0.15) is 0 Å². The van der Waals surface area contributed by atoms with E-state index in [1.165, 1.54) is 16.7 Å². The van der Waals surface area contributed by atoms with Gasteiger partial charge in [0.15, 0.2) is 0 Å². The molecule has 0 fully saturated rings. The number of hydrogen-bond acceptors (Lipinski definition) is 2. The van der Waals surface area contributed by atoms with Crippen molar-refractivity contribution in [2.24, 2.45) is 5.73 Å². The van der Waals surface area contributed by atoms with Crippen molar-refractivity contribution in [1.82, 2.24) is 4.90 Å². The van der Waals surface area contributed by atoms with Crippen LogP contribution in [0.3, 0.4) is 0 Å². The van der Waals surface area contributed by atoms with E-state index in [0.717, 1.165) is 5.56 Å². The number of hydrogen-bond donors (Lipinski definition) is 1. The van der Waals surface area contributed by atoms with Crippen molar-refractivity contribution in [3.63, 3.8) is 0 Å². The molecule has 0 saturated heterocycles. The standard InChI is InChI=1S/C14H22N2O/c1-9-6-11(3)12(7-10(9)2)8-13(15)14(17)16(4)5/h6-7,13H,8,15H2,1-5H3. The van der Waals surface area contributed by atoms with Crippen LogP contribution in [0.4, 0.5) is 0 Å². The molecule has 0 aromatic heterocycles. The molecule has 0 radical (unpaired) electrons. The van der Waals surface area contributed by atoms with Crippen LogP contribution in [-0.2, 0) is 11.2 Å². The molecule has 1 aromatic carbocycles. The molecule has 0 aliphatic heterocycles. The first-order valence-corrected chi connectivity index (χ1v) is 5.86. The van der Waals surface area contributed by atoms with Crippen molar-refractivity contribution in [2.45, 2.75) is 33.2 Å². The topological polar surface area (TPSA) is 46.3 Å². The number of carbonyl (C=O) groups is 1. The Morgan fingerprint density at radius 1 is 1.18 bits per heavy atom. The quantitative estimate of drug-likeness (QED) is 0.863. The summed E-state index contributed by atoms with van der Waals surface area (Å²) < 4.78 is 0. The van der Waals surface area contributed by atoms with Crippen LogP contribution < -0.4 is 5.73 Å². The first-order chi connectivity index (χ1) is 7.82. The molecule has 3 heteroatoms. The van der Waals surface area contributed by atoms with Gasteiger partial charge in [-0.05, 0) is 49.4 Å². The molecule has 1 rings (SSSR count). The Morgan fingerprint density at radius 2 is 1.71 bits per heavy atom. The highest BCUT2D eigenvalue weighted by molar-refractivity contribution is 5.81. The van der Waals surface area contributed by atoms with Crippen molar-refractivity contribution < 1.29 is 4.79 Å². The minimum Gasteiger partial charge on any atom is -0.347 e. The second-order valence-corrected chi connectivity index (χ2v) is 4.91. The van der Waals surface area contributed by atoms with Crippen LogP contribution in [0.15, 0.2) is 12.1 Å². The Kier molecular flexibility index (Phi) is 4.29. The van der Waals surface area contributed by atoms with Crippen molar-refractivity contribution in [1.29, 1.82) is 0 Å². The molecule has 0 aliphatic rings. The highest BCUT2D eigenvalue weighted by atomic mass is 16.2. The molecule has 1 aromatic rings. The Balaban J connectivity index is 2.89. The van der Waals surface area contributed by atoms with Gasteiger partial charge < -0.3 is 10.6 Å². The molecule has 94 valence electrons. The molecule has 1 amide bonds. The first kappa shape index (κ1) is 13.7. The van der Waals surface area contributed by atoms with Crippen LogP contribution in [0.5, 0.6) is 0 Å². The van der Waals surface area contributed by atoms with E-state index in [9.17, 15) is 4.79 Å². The summed E-state index contributed by atoms with van der Waals surface area (Å²) >= 11 is 0. The van der Waals surface area contributed by atoms with E-state index in [1.807, 2.05) is 0 Å². The van der Waals surface area contributed by atoms with Crippen LogP contribution in [0.25, 0.3) is 0 Å². The summed E-state index contributed by atoms with van der Waals surface area (Å²) in [6.07, 6.45) is 0.601. The zero-order valence-corrected chi connectivity index (χ0v) is 11.4. The van der Waals surface area contributed by atoms with E-state index < -0.39 is 6.04 Å². The lowest BCUT2D eigenvalue weighted by Crippen LogP contribution is -2.41. The van der Waals surface area contributed by atoms with Crippen LogP contribution in [0.1, 0.15) is 22.3 Å². The fraction of sp³-hybridized carbons (Fsp3) is 0.500. The van der Waals surface area contributed by atoms with Crippen molar-refractivity contribution in [3.05, 3.63) is 34.4 Å². The summed E-state index contributed by atoms with van der Waals surface area (Å²) in [4.78, 5) is 13.3. The Morgan fingerprint density at radius 3 is 2.24 bits per heavy atom. The van der Waals surface area contributed by atoms with Gasteiger partial charge in [0.25, 0.3) is 0 Å². The fourth-order valence-electron chi connectivity index (χ4n) is 1.90. The Labute approximate surface area is 104 Å². The Hall–Kier alpha value is -1.35. The minimum atomic E-state index is -0.453. The number of amides is 1. The highest BCUT2D eigenvalue weighted by Gasteiger charge is 2.17. The van der Waals surface area contributed by atoms with Crippen molar-refractivity contribution in [2.75, 3.05) is 14.1 Å². The highest BCUT2D eigenvalue weighted by Crippen LogP contribution is 2.16. The van der Waals surface area contributed by atoms with Gasteiger partial charge in [-0.15, -0.1) is 0 Å². The molecular formula is C14H22N2O. The minimum absolute atomic E-state index is 0.0253. The predicted molar refractivity (Wildman–Crippen MR) is 71.0 cm³/mol. The van der Waals surface area contributed by atoms with Crippen LogP contribution in [-0.4, -0.2) is 30.9 Å². The van der Waals surface area contributed by atoms with Gasteiger partial charge in [-0.25, -0.2) is 0 Å². The largest absolute Gasteiger partial charge is 0.347 e. The first-order valence-electron chi connectivity index (χ1n) is 5.86. The molecule has 1 atom stereocenters. The van der Waals surface area contributed by atoms with Gasteiger partial charge in [0, 0.05) is 14.1 Å². The average Bonchev–Trinajstić information content (AvgIpc) is 2.24. The van der Waals surface area contributed by atoms with E-state index in [4.69, 9.17) is 5.73 Å². The van der Waals surface area contributed by atoms with Crippen LogP contribution in [0.2, 0.25) is 0 Å². The monoisotopic (exact) mass is 234 g/mol. The second kappa shape index (κ2) is 5.32. The van der Waals surface area contributed by atoms with E-state index in [2.05, 4.69) is 32.9 Å². The molecule has 1 unspecified atom stereocenters. The van der Waals surface area contributed by atoms with Crippen LogP contribution in [0, 0.1) is 20.8 Å². The van der Waals surface area contributed by atoms with Gasteiger partial charge in [-0.3, -0.25) is 4.79 Å². The SMILES string of the molecule is Cc1cc(C)c(CC(N)C(=O)N(C)C)cc1C. The summed E-state index contributed by atoms with van der Waals surface area (Å²) in [6.45, 7) is 6.24. The summed E-state index contributed by atoms with van der Waals surface area (Å²) in [6, 6.07) is 3.83. The maximum absolute atomic E-state index is 11.7. The summed E-state index contributed by atoms with van der Waals surface area (Å²) in [5.74, 6) is -0.0253. The predicted octanol–water partition coefficient (Wildman–Crippen LogP) is 1.57. The van der Waals surface area contributed by atoms with Gasteiger partial charge in [0.2, 0.25) is 5.91 Å². The third kappa shape index (κ3) is 3.30. The lowest BCUT2D eigenvalue weighted by atomic mass is 9.96. The number of carbonyl (C=O) groups excluding carboxylic acids is 1. The molecule has 0 aliphatic carbocycles. The van der Waals surface area contributed by atoms with E-state index in [1.54, 1.807) is 19.0 Å². The normalized spacial score (nSPS) is 12.4. The number of rotatable bonds is 3. The van der Waals surface area contributed by atoms with Crippen molar-refractivity contribution in [3.8, 4) is 0 Å². The third-order valence-electron chi connectivity index (χ3n) is 3.15. The molecule has 0 spiro atoms. The summed E-state index contributed by atoms with van der Waals surface area (Å²) in [7, 11) is 3.46. The second-order valence-electron chi connectivity index (χ2n) is 4.91. The number of benzene rings is 1. The molecule has 0 bridgehead atoms. The lowest BCUT2D eigenvalue weighted by molar-refractivity contribution is -0.130. The summed E-state index contributed by atoms with van der Waals surface area (Å²) in [5, 5.41) is 0. The van der Waals surface area contributed by atoms with E-state index in [0.29, 0.717) is 6.42 Å². The molecule has 17 heavy (non-hydrogen) atoms. The lowest BCUT2D eigenvalue weighted by Gasteiger charge is -2.18. The molecule has 0 heterocycles. The number of nitrogens with two attached hydrogens (primary N) is 1. The maximum Gasteiger partial charge on any atom is 0.239 e. The van der Waals surface area contributed by atoms with E-state index in [-0.39, 0.29) is 5.91 Å². The number of likely N-dealkylation sites (N-methyl/N-ethyl adjacent to an activating group) is 1. The zero-order chi connectivity index (χ0) is 13.2. The molecule has 2 N–H and O–H groups in total. The number of aryl methyl sites for hydroxylation is 3. The smallest absolute Gasteiger partial charge is 0.239 e. The number of nitrogens with zero attached hydrogens (tertiary/aromatic N) is 1. The summed E-state index contributed by atoms with van der Waals surface area (Å²) in [5.41, 5.74) is 10.8. The van der Waals surface area contributed by atoms with Gasteiger partial charge >= 0.3 is 0 Å². The maximum atomic E-state index is 11.7. The molecule has 0 saturated carbocycles. The third-order valence-corrected chi connectivity index (χ3v) is 3.15. The van der Waals surface area contributed by atoms with Gasteiger partial charge in [0.1, 0.15) is 0 Å². The fourth-order valence-corrected chi connectivity index (χ4v) is 1.90. The average molecular weight is 234 g/mol.